The second-order valence-electron chi connectivity index (χ2n) is 3.14. The van der Waals surface area contributed by atoms with Crippen molar-refractivity contribution < 1.29 is 14.3 Å². The van der Waals surface area contributed by atoms with E-state index in [1.807, 2.05) is 20.8 Å². The lowest BCUT2D eigenvalue weighted by Gasteiger charge is -2.22. The minimum Gasteiger partial charge on any atom is -0.450 e. The highest BCUT2D eigenvalue weighted by atomic mass is 16.6. The van der Waals surface area contributed by atoms with E-state index in [0.717, 1.165) is 19.4 Å². The van der Waals surface area contributed by atoms with Crippen LogP contribution in [0.25, 0.3) is 0 Å². The van der Waals surface area contributed by atoms with Gasteiger partial charge in [0.1, 0.15) is 0 Å². The van der Waals surface area contributed by atoms with E-state index in [-0.39, 0.29) is 12.1 Å². The standard InChI is InChI=1S/C9H17NO3.C2H6/c1-3-13-9(11)10-6-4-5-8(10)7-12-2;1-2/h8H,3-7H2,1-2H3;1-2H3. The molecule has 0 aliphatic carbocycles. The molecule has 1 amide bonds. The van der Waals surface area contributed by atoms with Crippen LogP contribution in [-0.4, -0.2) is 43.9 Å². The highest BCUT2D eigenvalue weighted by Gasteiger charge is 2.29. The van der Waals surface area contributed by atoms with E-state index in [0.29, 0.717) is 13.2 Å². The summed E-state index contributed by atoms with van der Waals surface area (Å²) in [7, 11) is 1.65. The van der Waals surface area contributed by atoms with Gasteiger partial charge >= 0.3 is 6.09 Å². The van der Waals surface area contributed by atoms with E-state index < -0.39 is 0 Å². The molecule has 0 aromatic rings. The fourth-order valence-electron chi connectivity index (χ4n) is 1.65. The number of likely N-dealkylation sites (tertiary alicyclic amines) is 1. The van der Waals surface area contributed by atoms with Crippen LogP contribution in [-0.2, 0) is 9.47 Å². The van der Waals surface area contributed by atoms with Crippen molar-refractivity contribution >= 4 is 6.09 Å². The Morgan fingerprint density at radius 3 is 2.67 bits per heavy atom. The van der Waals surface area contributed by atoms with Crippen molar-refractivity contribution in [3.8, 4) is 0 Å². The smallest absolute Gasteiger partial charge is 0.410 e. The molecule has 4 nitrogen and oxygen atoms in total. The molecule has 0 bridgehead atoms. The fraction of sp³-hybridized carbons (Fsp3) is 0.909. The van der Waals surface area contributed by atoms with Crippen LogP contribution in [0.3, 0.4) is 0 Å². The zero-order valence-electron chi connectivity index (χ0n) is 10.3. The van der Waals surface area contributed by atoms with E-state index in [4.69, 9.17) is 9.47 Å². The molecule has 1 aliphatic heterocycles. The normalized spacial score (nSPS) is 19.5. The SMILES string of the molecule is CC.CCOC(=O)N1CCCC1COC. The second kappa shape index (κ2) is 8.53. The maximum absolute atomic E-state index is 11.4. The number of hydrogen-bond donors (Lipinski definition) is 0. The zero-order chi connectivity index (χ0) is 11.7. The topological polar surface area (TPSA) is 38.8 Å². The van der Waals surface area contributed by atoms with Gasteiger partial charge in [0.15, 0.2) is 0 Å². The molecule has 0 aromatic carbocycles. The number of methoxy groups -OCH3 is 1. The summed E-state index contributed by atoms with van der Waals surface area (Å²) >= 11 is 0. The van der Waals surface area contributed by atoms with Gasteiger partial charge in [-0.1, -0.05) is 13.8 Å². The molecule has 0 spiro atoms. The van der Waals surface area contributed by atoms with Gasteiger partial charge in [-0.15, -0.1) is 0 Å². The number of carbonyl (C=O) groups is 1. The predicted molar refractivity (Wildman–Crippen MR) is 60.0 cm³/mol. The second-order valence-corrected chi connectivity index (χ2v) is 3.14. The van der Waals surface area contributed by atoms with Gasteiger partial charge in [-0.05, 0) is 19.8 Å². The number of rotatable bonds is 3. The lowest BCUT2D eigenvalue weighted by Crippen LogP contribution is -2.38. The lowest BCUT2D eigenvalue weighted by atomic mass is 10.2. The average Bonchev–Trinajstić information content (AvgIpc) is 2.70. The molecule has 1 unspecified atom stereocenters. The van der Waals surface area contributed by atoms with Crippen LogP contribution in [0.2, 0.25) is 0 Å². The summed E-state index contributed by atoms with van der Waals surface area (Å²) in [4.78, 5) is 13.1. The molecule has 0 saturated carbocycles. The molecule has 4 heteroatoms. The third kappa shape index (κ3) is 4.51. The first kappa shape index (κ1) is 14.2. The minimum atomic E-state index is -0.206. The minimum absolute atomic E-state index is 0.206. The predicted octanol–water partition coefficient (Wildman–Crippen LogP) is 2.28. The largest absolute Gasteiger partial charge is 0.450 e. The van der Waals surface area contributed by atoms with Crippen LogP contribution in [0.4, 0.5) is 4.79 Å². The van der Waals surface area contributed by atoms with Crippen molar-refractivity contribution in [1.82, 2.24) is 4.90 Å². The third-order valence-electron chi connectivity index (χ3n) is 2.24. The molecular formula is C11H23NO3. The van der Waals surface area contributed by atoms with Gasteiger partial charge in [0, 0.05) is 13.7 Å². The Balaban J connectivity index is 0.000000921. The van der Waals surface area contributed by atoms with Gasteiger partial charge in [0.25, 0.3) is 0 Å². The van der Waals surface area contributed by atoms with Crippen molar-refractivity contribution in [3.05, 3.63) is 0 Å². The number of hydrogen-bond acceptors (Lipinski definition) is 3. The van der Waals surface area contributed by atoms with E-state index in [2.05, 4.69) is 0 Å². The molecule has 0 aromatic heterocycles. The van der Waals surface area contributed by atoms with Crippen LogP contribution >= 0.6 is 0 Å². The first-order valence-electron chi connectivity index (χ1n) is 5.72. The van der Waals surface area contributed by atoms with E-state index in [9.17, 15) is 4.79 Å². The Morgan fingerprint density at radius 1 is 1.47 bits per heavy atom. The van der Waals surface area contributed by atoms with Gasteiger partial charge < -0.3 is 14.4 Å². The zero-order valence-corrected chi connectivity index (χ0v) is 10.3. The molecule has 15 heavy (non-hydrogen) atoms. The fourth-order valence-corrected chi connectivity index (χ4v) is 1.65. The third-order valence-corrected chi connectivity index (χ3v) is 2.24. The Morgan fingerprint density at radius 2 is 2.13 bits per heavy atom. The summed E-state index contributed by atoms with van der Waals surface area (Å²) in [6.07, 6.45) is 1.86. The van der Waals surface area contributed by atoms with Gasteiger partial charge in [0.2, 0.25) is 0 Å². The summed E-state index contributed by atoms with van der Waals surface area (Å²) < 4.78 is 9.97. The molecule has 0 N–H and O–H groups in total. The number of nitrogens with zero attached hydrogens (tertiary/aromatic N) is 1. The summed E-state index contributed by atoms with van der Waals surface area (Å²) in [6.45, 7) is 7.67. The highest BCUT2D eigenvalue weighted by Crippen LogP contribution is 2.18. The van der Waals surface area contributed by atoms with Crippen molar-refractivity contribution in [2.75, 3.05) is 26.9 Å². The Hall–Kier alpha value is -0.770. The summed E-state index contributed by atoms with van der Waals surface area (Å²) in [6, 6.07) is 0.212. The van der Waals surface area contributed by atoms with Crippen molar-refractivity contribution in [3.63, 3.8) is 0 Å². The van der Waals surface area contributed by atoms with Crippen LogP contribution in [0.5, 0.6) is 0 Å². The Bertz CT molecular complexity index is 173. The van der Waals surface area contributed by atoms with Crippen molar-refractivity contribution in [2.45, 2.75) is 39.7 Å². The quantitative estimate of drug-likeness (QED) is 0.728. The van der Waals surface area contributed by atoms with Gasteiger partial charge in [-0.25, -0.2) is 4.79 Å². The van der Waals surface area contributed by atoms with Crippen LogP contribution < -0.4 is 0 Å². The Labute approximate surface area is 92.5 Å². The van der Waals surface area contributed by atoms with Crippen molar-refractivity contribution in [2.24, 2.45) is 0 Å². The molecule has 1 atom stereocenters. The van der Waals surface area contributed by atoms with Gasteiger partial charge in [0.05, 0.1) is 19.3 Å². The van der Waals surface area contributed by atoms with Crippen LogP contribution in [0.1, 0.15) is 33.6 Å². The lowest BCUT2D eigenvalue weighted by molar-refractivity contribution is 0.0773. The van der Waals surface area contributed by atoms with E-state index in [1.54, 1.807) is 12.0 Å². The first-order chi connectivity index (χ1) is 7.29. The maximum Gasteiger partial charge on any atom is 0.410 e. The van der Waals surface area contributed by atoms with Crippen molar-refractivity contribution in [1.29, 1.82) is 0 Å². The van der Waals surface area contributed by atoms with E-state index >= 15 is 0 Å². The van der Waals surface area contributed by atoms with Gasteiger partial charge in [-0.2, -0.15) is 0 Å². The van der Waals surface area contributed by atoms with Crippen LogP contribution in [0.15, 0.2) is 0 Å². The molecule has 1 fully saturated rings. The average molecular weight is 217 g/mol. The summed E-state index contributed by atoms with van der Waals surface area (Å²) in [5.41, 5.74) is 0. The molecular weight excluding hydrogens is 194 g/mol. The summed E-state index contributed by atoms with van der Waals surface area (Å²) in [5, 5.41) is 0. The van der Waals surface area contributed by atoms with E-state index in [1.165, 1.54) is 0 Å². The summed E-state index contributed by atoms with van der Waals surface area (Å²) in [5.74, 6) is 0. The molecule has 1 aliphatic rings. The monoisotopic (exact) mass is 217 g/mol. The number of carbonyl (C=O) groups excluding carboxylic acids is 1. The molecule has 1 rings (SSSR count). The molecule has 1 saturated heterocycles. The maximum atomic E-state index is 11.4. The Kier molecular flexibility index (Phi) is 8.09. The number of ether oxygens (including phenoxy) is 2. The van der Waals surface area contributed by atoms with Crippen LogP contribution in [0, 0.1) is 0 Å². The molecule has 90 valence electrons. The molecule has 1 heterocycles. The number of amides is 1. The van der Waals surface area contributed by atoms with Gasteiger partial charge in [-0.3, -0.25) is 0 Å². The highest BCUT2D eigenvalue weighted by molar-refractivity contribution is 5.68. The first-order valence-corrected chi connectivity index (χ1v) is 5.72. The molecule has 0 radical (unpaired) electrons.